The van der Waals surface area contributed by atoms with Gasteiger partial charge in [-0.2, -0.15) is 0 Å². The third-order valence-corrected chi connectivity index (χ3v) is 3.93. The fourth-order valence-corrected chi connectivity index (χ4v) is 2.92. The summed E-state index contributed by atoms with van der Waals surface area (Å²) in [5.41, 5.74) is 1.32. The van der Waals surface area contributed by atoms with Crippen LogP contribution in [0, 0.1) is 5.92 Å². The Bertz CT molecular complexity index is 686. The Morgan fingerprint density at radius 2 is 2.12 bits per heavy atom. The van der Waals surface area contributed by atoms with Gasteiger partial charge < -0.3 is 24.8 Å². The summed E-state index contributed by atoms with van der Waals surface area (Å²) < 4.78 is 15.9. The van der Waals surface area contributed by atoms with E-state index >= 15 is 0 Å². The van der Waals surface area contributed by atoms with E-state index in [0.29, 0.717) is 23.6 Å². The average molecular weight is 332 g/mol. The second-order valence-corrected chi connectivity index (χ2v) is 5.49. The highest BCUT2D eigenvalue weighted by molar-refractivity contribution is 5.85. The Morgan fingerprint density at radius 3 is 2.88 bits per heavy atom. The van der Waals surface area contributed by atoms with Gasteiger partial charge in [-0.25, -0.2) is 4.79 Å². The quantitative estimate of drug-likeness (QED) is 0.826. The summed E-state index contributed by atoms with van der Waals surface area (Å²) in [5.74, 6) is 0.232. The second-order valence-electron chi connectivity index (χ2n) is 5.49. The maximum Gasteiger partial charge on any atom is 0.319 e. The van der Waals surface area contributed by atoms with Gasteiger partial charge >= 0.3 is 12.0 Å². The van der Waals surface area contributed by atoms with Gasteiger partial charge in [0.15, 0.2) is 11.5 Å². The SMILES string of the molecule is CCC=C1NC(=O)NC(c2ccc3c(c2)OCO3)C1C(=O)OCC. The number of fused-ring (bicyclic) bond motifs is 1. The first-order valence-electron chi connectivity index (χ1n) is 7.97. The topological polar surface area (TPSA) is 85.9 Å². The molecule has 2 aliphatic heterocycles. The first kappa shape index (κ1) is 16.2. The minimum absolute atomic E-state index is 0.166. The van der Waals surface area contributed by atoms with E-state index < -0.39 is 12.0 Å². The normalized spacial score (nSPS) is 23.6. The summed E-state index contributed by atoms with van der Waals surface area (Å²) in [7, 11) is 0. The van der Waals surface area contributed by atoms with Crippen LogP contribution in [-0.4, -0.2) is 25.4 Å². The van der Waals surface area contributed by atoms with Gasteiger partial charge in [0.1, 0.15) is 5.92 Å². The molecule has 2 amide bonds. The Morgan fingerprint density at radius 1 is 1.33 bits per heavy atom. The molecular weight excluding hydrogens is 312 g/mol. The van der Waals surface area contributed by atoms with Gasteiger partial charge in [-0.05, 0) is 31.0 Å². The minimum atomic E-state index is -0.636. The third kappa shape index (κ3) is 3.02. The number of hydrogen-bond acceptors (Lipinski definition) is 5. The molecular formula is C17H20N2O5. The van der Waals surface area contributed by atoms with Crippen molar-refractivity contribution in [2.45, 2.75) is 26.3 Å². The fraction of sp³-hybridized carbons (Fsp3) is 0.412. The second kappa shape index (κ2) is 6.82. The van der Waals surface area contributed by atoms with Crippen LogP contribution in [0.5, 0.6) is 11.5 Å². The average Bonchev–Trinajstić information content (AvgIpc) is 3.02. The number of allylic oxidation sites excluding steroid dienone is 1. The molecule has 2 unspecified atom stereocenters. The van der Waals surface area contributed by atoms with Gasteiger partial charge in [-0.1, -0.05) is 19.1 Å². The van der Waals surface area contributed by atoms with Crippen LogP contribution < -0.4 is 20.1 Å². The van der Waals surface area contributed by atoms with Gasteiger partial charge in [0, 0.05) is 5.70 Å². The first-order valence-corrected chi connectivity index (χ1v) is 7.97. The lowest BCUT2D eigenvalue weighted by Gasteiger charge is -2.33. The van der Waals surface area contributed by atoms with Crippen molar-refractivity contribution in [3.05, 3.63) is 35.5 Å². The Kier molecular flexibility index (Phi) is 4.59. The molecule has 2 atom stereocenters. The maximum atomic E-state index is 12.5. The van der Waals surface area contributed by atoms with Crippen LogP contribution in [0.15, 0.2) is 30.0 Å². The molecule has 0 bridgehead atoms. The van der Waals surface area contributed by atoms with Crippen LogP contribution >= 0.6 is 0 Å². The van der Waals surface area contributed by atoms with Crippen molar-refractivity contribution < 1.29 is 23.8 Å². The number of amides is 2. The summed E-state index contributed by atoms with van der Waals surface area (Å²) in [5, 5.41) is 5.53. The van der Waals surface area contributed by atoms with E-state index in [1.54, 1.807) is 19.1 Å². The predicted molar refractivity (Wildman–Crippen MR) is 85.5 cm³/mol. The number of rotatable bonds is 4. The van der Waals surface area contributed by atoms with Crippen molar-refractivity contribution >= 4 is 12.0 Å². The molecule has 0 radical (unpaired) electrons. The van der Waals surface area contributed by atoms with E-state index in [4.69, 9.17) is 14.2 Å². The summed E-state index contributed by atoms with van der Waals surface area (Å²) in [6.07, 6.45) is 2.53. The highest BCUT2D eigenvalue weighted by atomic mass is 16.7. The van der Waals surface area contributed by atoms with Crippen LogP contribution in [-0.2, 0) is 9.53 Å². The molecule has 0 aromatic heterocycles. The number of carbonyl (C=O) groups is 2. The lowest BCUT2D eigenvalue weighted by atomic mass is 9.88. The smallest absolute Gasteiger partial charge is 0.319 e. The standard InChI is InChI=1S/C17H20N2O5/c1-3-5-11-14(16(20)22-4-2)15(19-17(21)18-11)10-6-7-12-13(8-10)24-9-23-12/h5-8,14-15H,3-4,9H2,1-2H3,(H2,18,19,21). The number of benzene rings is 1. The maximum absolute atomic E-state index is 12.5. The molecule has 128 valence electrons. The zero-order valence-corrected chi connectivity index (χ0v) is 13.6. The molecule has 2 heterocycles. The zero-order valence-electron chi connectivity index (χ0n) is 13.6. The number of carbonyl (C=O) groups excluding carboxylic acids is 2. The summed E-state index contributed by atoms with van der Waals surface area (Å²) in [6, 6.07) is 4.49. The van der Waals surface area contributed by atoms with Crippen molar-refractivity contribution in [2.24, 2.45) is 5.92 Å². The number of hydrogen-bond donors (Lipinski definition) is 2. The lowest BCUT2D eigenvalue weighted by molar-refractivity contribution is -0.147. The van der Waals surface area contributed by atoms with E-state index in [2.05, 4.69) is 10.6 Å². The van der Waals surface area contributed by atoms with E-state index in [-0.39, 0.29) is 25.4 Å². The van der Waals surface area contributed by atoms with Crippen LogP contribution in [0.3, 0.4) is 0 Å². The van der Waals surface area contributed by atoms with Crippen LogP contribution in [0.1, 0.15) is 31.9 Å². The fourth-order valence-electron chi connectivity index (χ4n) is 2.92. The summed E-state index contributed by atoms with van der Waals surface area (Å²) in [4.78, 5) is 24.5. The van der Waals surface area contributed by atoms with E-state index in [1.165, 1.54) is 0 Å². The molecule has 0 spiro atoms. The van der Waals surface area contributed by atoms with Gasteiger partial charge in [-0.15, -0.1) is 0 Å². The molecule has 7 heteroatoms. The largest absolute Gasteiger partial charge is 0.465 e. The van der Waals surface area contributed by atoms with Gasteiger partial charge in [0.25, 0.3) is 0 Å². The van der Waals surface area contributed by atoms with Crippen LogP contribution in [0.2, 0.25) is 0 Å². The Balaban J connectivity index is 1.99. The molecule has 1 saturated heterocycles. The molecule has 0 saturated carbocycles. The molecule has 3 rings (SSSR count). The Labute approximate surface area is 140 Å². The van der Waals surface area contributed by atoms with Crippen LogP contribution in [0.4, 0.5) is 4.79 Å². The van der Waals surface area contributed by atoms with E-state index in [0.717, 1.165) is 5.56 Å². The van der Waals surface area contributed by atoms with Crippen LogP contribution in [0.25, 0.3) is 0 Å². The predicted octanol–water partition coefficient (Wildman–Crippen LogP) is 2.24. The van der Waals surface area contributed by atoms with Gasteiger partial charge in [-0.3, -0.25) is 4.79 Å². The molecule has 2 N–H and O–H groups in total. The molecule has 24 heavy (non-hydrogen) atoms. The number of nitrogens with one attached hydrogen (secondary N) is 2. The summed E-state index contributed by atoms with van der Waals surface area (Å²) in [6.45, 7) is 4.14. The first-order chi connectivity index (χ1) is 11.6. The molecule has 0 aliphatic carbocycles. The molecule has 1 aromatic rings. The molecule has 1 aromatic carbocycles. The molecule has 7 nitrogen and oxygen atoms in total. The highest BCUT2D eigenvalue weighted by Crippen LogP contribution is 2.38. The van der Waals surface area contributed by atoms with Crippen molar-refractivity contribution in [1.82, 2.24) is 10.6 Å². The molecule has 2 aliphatic rings. The van der Waals surface area contributed by atoms with Crippen molar-refractivity contribution in [3.63, 3.8) is 0 Å². The monoisotopic (exact) mass is 332 g/mol. The molecule has 1 fully saturated rings. The summed E-state index contributed by atoms with van der Waals surface area (Å²) >= 11 is 0. The van der Waals surface area contributed by atoms with Crippen molar-refractivity contribution in [2.75, 3.05) is 13.4 Å². The third-order valence-electron chi connectivity index (χ3n) is 3.93. The van der Waals surface area contributed by atoms with E-state index in [9.17, 15) is 9.59 Å². The Hall–Kier alpha value is -2.70. The number of urea groups is 1. The number of ether oxygens (including phenoxy) is 3. The zero-order chi connectivity index (χ0) is 17.1. The van der Waals surface area contributed by atoms with Gasteiger partial charge in [0.05, 0.1) is 12.6 Å². The van der Waals surface area contributed by atoms with Gasteiger partial charge in [0.2, 0.25) is 6.79 Å². The van der Waals surface area contributed by atoms with E-state index in [1.807, 2.05) is 19.1 Å². The highest BCUT2D eigenvalue weighted by Gasteiger charge is 2.40. The minimum Gasteiger partial charge on any atom is -0.465 e. The number of esters is 1. The van der Waals surface area contributed by atoms with Crippen molar-refractivity contribution in [3.8, 4) is 11.5 Å². The van der Waals surface area contributed by atoms with Crippen molar-refractivity contribution in [1.29, 1.82) is 0 Å². The lowest BCUT2D eigenvalue weighted by Crippen LogP contribution is -2.51.